The van der Waals surface area contributed by atoms with Crippen LogP contribution in [0.1, 0.15) is 32.1 Å². The standard InChI is InChI=1S/C18H34N6O6S2/c1-32-7-5-10(20)15(26)22-11(4-2-3-6-19)16(27)24-13(9-31)17(28)23-12(18(29)30)8-14(21)25/h10-13,31H,2-9,19-20H2,1H3,(H2,21,25)(H,22,26)(H,23,28)(H,24,27)(H,29,30). The minimum Gasteiger partial charge on any atom is -0.480 e. The number of unbranched alkanes of at least 4 members (excludes halogenated alkanes) is 1. The van der Waals surface area contributed by atoms with Gasteiger partial charge in [0.1, 0.15) is 18.1 Å². The van der Waals surface area contributed by atoms with Crippen LogP contribution in [0.25, 0.3) is 0 Å². The Labute approximate surface area is 196 Å². The van der Waals surface area contributed by atoms with E-state index < -0.39 is 60.2 Å². The fourth-order valence-electron chi connectivity index (χ4n) is 2.56. The van der Waals surface area contributed by atoms with Crippen LogP contribution < -0.4 is 33.2 Å². The third kappa shape index (κ3) is 12.1. The van der Waals surface area contributed by atoms with Gasteiger partial charge < -0.3 is 38.3 Å². The monoisotopic (exact) mass is 494 g/mol. The molecule has 0 rings (SSSR count). The molecule has 0 aromatic heterocycles. The number of aliphatic carboxylic acids is 1. The molecule has 0 aliphatic heterocycles. The van der Waals surface area contributed by atoms with Crippen molar-refractivity contribution in [3.63, 3.8) is 0 Å². The molecule has 32 heavy (non-hydrogen) atoms. The number of primary amides is 1. The molecule has 0 heterocycles. The van der Waals surface area contributed by atoms with Crippen LogP contribution in [0.2, 0.25) is 0 Å². The van der Waals surface area contributed by atoms with E-state index >= 15 is 0 Å². The van der Waals surface area contributed by atoms with Gasteiger partial charge in [-0.3, -0.25) is 19.2 Å². The van der Waals surface area contributed by atoms with Crippen LogP contribution in [0.4, 0.5) is 0 Å². The third-order valence-electron chi connectivity index (χ3n) is 4.39. The van der Waals surface area contributed by atoms with Crippen LogP contribution in [0.5, 0.6) is 0 Å². The summed E-state index contributed by atoms with van der Waals surface area (Å²) in [5, 5.41) is 16.3. The van der Waals surface area contributed by atoms with Crippen molar-refractivity contribution in [2.24, 2.45) is 17.2 Å². The molecule has 4 atom stereocenters. The fraction of sp³-hybridized carbons (Fsp3) is 0.722. The predicted octanol–water partition coefficient (Wildman–Crippen LogP) is -2.46. The minimum absolute atomic E-state index is 0.156. The first-order chi connectivity index (χ1) is 15.1. The van der Waals surface area contributed by atoms with Crippen molar-refractivity contribution < 1.29 is 29.1 Å². The number of thioether (sulfide) groups is 1. The lowest BCUT2D eigenvalue weighted by molar-refractivity contribution is -0.143. The Morgan fingerprint density at radius 2 is 1.50 bits per heavy atom. The van der Waals surface area contributed by atoms with Gasteiger partial charge in [-0.05, 0) is 44.2 Å². The number of carboxylic acids is 1. The first kappa shape index (κ1) is 30.0. The van der Waals surface area contributed by atoms with Crippen molar-refractivity contribution >= 4 is 54.0 Å². The molecule has 0 saturated carbocycles. The Bertz CT molecular complexity index is 653. The van der Waals surface area contributed by atoms with Crippen LogP contribution in [0.15, 0.2) is 0 Å². The summed E-state index contributed by atoms with van der Waals surface area (Å²) in [5.74, 6) is -3.84. The molecule has 4 unspecified atom stereocenters. The second-order valence-corrected chi connectivity index (χ2v) is 8.40. The summed E-state index contributed by atoms with van der Waals surface area (Å²) in [6.45, 7) is 0.410. The highest BCUT2D eigenvalue weighted by Gasteiger charge is 2.30. The Balaban J connectivity index is 5.21. The predicted molar refractivity (Wildman–Crippen MR) is 125 cm³/mol. The highest BCUT2D eigenvalue weighted by Crippen LogP contribution is 2.05. The highest BCUT2D eigenvalue weighted by molar-refractivity contribution is 7.98. The van der Waals surface area contributed by atoms with Crippen molar-refractivity contribution in [2.75, 3.05) is 24.3 Å². The van der Waals surface area contributed by atoms with Crippen LogP contribution in [0.3, 0.4) is 0 Å². The summed E-state index contributed by atoms with van der Waals surface area (Å²) in [6, 6.07) is -4.51. The first-order valence-corrected chi connectivity index (χ1v) is 12.1. The van der Waals surface area contributed by atoms with Crippen molar-refractivity contribution in [2.45, 2.75) is 56.3 Å². The van der Waals surface area contributed by atoms with Gasteiger partial charge in [-0.2, -0.15) is 24.4 Å². The lowest BCUT2D eigenvalue weighted by Crippen LogP contribution is -2.58. The van der Waals surface area contributed by atoms with Gasteiger partial charge in [0, 0.05) is 5.75 Å². The van der Waals surface area contributed by atoms with Crippen LogP contribution in [0, 0.1) is 0 Å². The summed E-state index contributed by atoms with van der Waals surface area (Å²) in [4.78, 5) is 59.8. The topological polar surface area (TPSA) is 220 Å². The minimum atomic E-state index is -1.55. The van der Waals surface area contributed by atoms with E-state index in [-0.39, 0.29) is 12.2 Å². The lowest BCUT2D eigenvalue weighted by atomic mass is 10.1. The Kier molecular flexibility index (Phi) is 15.5. The molecule has 0 aliphatic rings. The number of carboxylic acid groups (broad SMARTS) is 1. The maximum atomic E-state index is 12.8. The molecular formula is C18H34N6O6S2. The summed E-state index contributed by atoms with van der Waals surface area (Å²) in [6.07, 6.45) is 3.15. The zero-order chi connectivity index (χ0) is 24.7. The summed E-state index contributed by atoms with van der Waals surface area (Å²) in [5.41, 5.74) is 16.3. The molecule has 0 spiro atoms. The molecule has 14 heteroatoms. The number of rotatable bonds is 17. The van der Waals surface area contributed by atoms with E-state index in [2.05, 4.69) is 28.6 Å². The number of thiol groups is 1. The lowest BCUT2D eigenvalue weighted by Gasteiger charge is -2.24. The molecule has 0 aromatic rings. The molecule has 0 bridgehead atoms. The molecule has 0 radical (unpaired) electrons. The van der Waals surface area contributed by atoms with Crippen LogP contribution >= 0.6 is 24.4 Å². The normalized spacial score (nSPS) is 14.5. The van der Waals surface area contributed by atoms with Gasteiger partial charge >= 0.3 is 5.97 Å². The smallest absolute Gasteiger partial charge is 0.326 e. The average molecular weight is 495 g/mol. The first-order valence-electron chi connectivity index (χ1n) is 10.0. The Hall–Kier alpha value is -2.03. The molecule has 184 valence electrons. The van der Waals surface area contributed by atoms with Crippen molar-refractivity contribution in [1.29, 1.82) is 0 Å². The van der Waals surface area contributed by atoms with Gasteiger partial charge in [0.25, 0.3) is 0 Å². The van der Waals surface area contributed by atoms with E-state index in [1.807, 2.05) is 6.26 Å². The third-order valence-corrected chi connectivity index (χ3v) is 5.39. The zero-order valence-corrected chi connectivity index (χ0v) is 19.8. The zero-order valence-electron chi connectivity index (χ0n) is 18.0. The second-order valence-electron chi connectivity index (χ2n) is 7.05. The number of hydrogen-bond donors (Lipinski definition) is 8. The molecule has 0 fully saturated rings. The number of carbonyl (C=O) groups excluding carboxylic acids is 4. The van der Waals surface area contributed by atoms with E-state index in [0.717, 1.165) is 0 Å². The SMILES string of the molecule is CSCCC(N)C(=O)NC(CCCCN)C(=O)NC(CS)C(=O)NC(CC(N)=O)C(=O)O. The van der Waals surface area contributed by atoms with Crippen molar-refractivity contribution in [3.05, 3.63) is 0 Å². The number of nitrogens with two attached hydrogens (primary N) is 3. The van der Waals surface area contributed by atoms with E-state index in [4.69, 9.17) is 22.3 Å². The van der Waals surface area contributed by atoms with Gasteiger partial charge in [0.05, 0.1) is 12.5 Å². The number of amides is 4. The fourth-order valence-corrected chi connectivity index (χ4v) is 3.30. The highest BCUT2D eigenvalue weighted by atomic mass is 32.2. The van der Waals surface area contributed by atoms with E-state index in [0.29, 0.717) is 31.6 Å². The van der Waals surface area contributed by atoms with Crippen molar-refractivity contribution in [3.8, 4) is 0 Å². The molecule has 0 aromatic carbocycles. The quantitative estimate of drug-likeness (QED) is 0.0792. The summed E-state index contributed by atoms with van der Waals surface area (Å²) < 4.78 is 0. The van der Waals surface area contributed by atoms with E-state index in [1.165, 1.54) is 11.8 Å². The van der Waals surface area contributed by atoms with Crippen LogP contribution in [-0.2, 0) is 24.0 Å². The van der Waals surface area contributed by atoms with Gasteiger partial charge in [0.15, 0.2) is 0 Å². The molecule has 0 saturated heterocycles. The molecule has 0 aliphatic carbocycles. The van der Waals surface area contributed by atoms with Crippen LogP contribution in [-0.4, -0.2) is 83.2 Å². The second kappa shape index (κ2) is 16.6. The Morgan fingerprint density at radius 3 is 2.00 bits per heavy atom. The molecule has 4 amide bonds. The summed E-state index contributed by atoms with van der Waals surface area (Å²) >= 11 is 5.57. The van der Waals surface area contributed by atoms with Gasteiger partial charge in [-0.15, -0.1) is 0 Å². The molecule has 10 N–H and O–H groups in total. The number of hydrogen-bond acceptors (Lipinski definition) is 9. The molecular weight excluding hydrogens is 460 g/mol. The average Bonchev–Trinajstić information content (AvgIpc) is 2.73. The van der Waals surface area contributed by atoms with E-state index in [1.54, 1.807) is 0 Å². The maximum absolute atomic E-state index is 12.8. The number of carbonyl (C=O) groups is 5. The number of nitrogens with one attached hydrogen (secondary N) is 3. The van der Waals surface area contributed by atoms with Gasteiger partial charge in [-0.25, -0.2) is 4.79 Å². The van der Waals surface area contributed by atoms with Gasteiger partial charge in [0.2, 0.25) is 23.6 Å². The molecule has 12 nitrogen and oxygen atoms in total. The van der Waals surface area contributed by atoms with Crippen molar-refractivity contribution in [1.82, 2.24) is 16.0 Å². The van der Waals surface area contributed by atoms with Gasteiger partial charge in [-0.1, -0.05) is 0 Å². The summed E-state index contributed by atoms with van der Waals surface area (Å²) in [7, 11) is 0. The Morgan fingerprint density at radius 1 is 0.938 bits per heavy atom. The largest absolute Gasteiger partial charge is 0.480 e. The van der Waals surface area contributed by atoms with E-state index in [9.17, 15) is 24.0 Å². The maximum Gasteiger partial charge on any atom is 0.326 e.